The number of halogens is 1. The maximum Gasteiger partial charge on any atom is 0.123 e. The Labute approximate surface area is 127 Å². The molecule has 1 heterocycles. The molecule has 0 amide bonds. The molecule has 0 bridgehead atoms. The minimum absolute atomic E-state index is 0.0176. The summed E-state index contributed by atoms with van der Waals surface area (Å²) in [5.74, 6) is -0.185. The van der Waals surface area contributed by atoms with Crippen LogP contribution in [0.1, 0.15) is 37.8 Å². The summed E-state index contributed by atoms with van der Waals surface area (Å²) in [7, 11) is 4.30. The van der Waals surface area contributed by atoms with E-state index >= 15 is 0 Å². The minimum atomic E-state index is -0.185. The number of benzene rings is 1. The van der Waals surface area contributed by atoms with E-state index in [1.807, 2.05) is 6.07 Å². The van der Waals surface area contributed by atoms with Gasteiger partial charge in [0.25, 0.3) is 0 Å². The van der Waals surface area contributed by atoms with Crippen molar-refractivity contribution >= 4 is 0 Å². The molecule has 118 valence electrons. The summed E-state index contributed by atoms with van der Waals surface area (Å²) in [6.45, 7) is 4.31. The Kier molecular flexibility index (Phi) is 5.73. The summed E-state index contributed by atoms with van der Waals surface area (Å²) in [4.78, 5) is 4.73. The van der Waals surface area contributed by atoms with Gasteiger partial charge in [0, 0.05) is 18.6 Å². The normalized spacial score (nSPS) is 23.2. The standard InChI is InChI=1S/C17H28FN3/c1-4-16(19)17(13-7-5-8-14(18)11-13)21(3)15-9-6-10-20(2)12-15/h5,7-8,11,15-17H,4,6,9-10,12,19H2,1-3H3. The van der Waals surface area contributed by atoms with Crippen molar-refractivity contribution in [3.63, 3.8) is 0 Å². The maximum absolute atomic E-state index is 13.6. The van der Waals surface area contributed by atoms with Gasteiger partial charge in [-0.2, -0.15) is 0 Å². The van der Waals surface area contributed by atoms with Crippen molar-refractivity contribution < 1.29 is 4.39 Å². The van der Waals surface area contributed by atoms with E-state index in [4.69, 9.17) is 5.73 Å². The van der Waals surface area contributed by atoms with Gasteiger partial charge in [-0.05, 0) is 57.6 Å². The lowest BCUT2D eigenvalue weighted by Crippen LogP contribution is -2.50. The van der Waals surface area contributed by atoms with E-state index in [9.17, 15) is 4.39 Å². The van der Waals surface area contributed by atoms with E-state index in [1.165, 1.54) is 18.9 Å². The van der Waals surface area contributed by atoms with Gasteiger partial charge >= 0.3 is 0 Å². The highest BCUT2D eigenvalue weighted by molar-refractivity contribution is 5.22. The van der Waals surface area contributed by atoms with Gasteiger partial charge in [0.2, 0.25) is 0 Å². The molecule has 0 saturated carbocycles. The first-order valence-electron chi connectivity index (χ1n) is 7.94. The van der Waals surface area contributed by atoms with Crippen molar-refractivity contribution in [2.75, 3.05) is 27.2 Å². The molecule has 1 aromatic rings. The minimum Gasteiger partial charge on any atom is -0.326 e. The first-order valence-corrected chi connectivity index (χ1v) is 7.94. The molecule has 0 aromatic heterocycles. The van der Waals surface area contributed by atoms with Crippen LogP contribution in [-0.4, -0.2) is 49.1 Å². The van der Waals surface area contributed by atoms with Crippen LogP contribution in [-0.2, 0) is 0 Å². The third kappa shape index (κ3) is 4.02. The molecule has 0 radical (unpaired) electrons. The average molecular weight is 293 g/mol. The number of nitrogens with two attached hydrogens (primary N) is 1. The van der Waals surface area contributed by atoms with Crippen LogP contribution in [0.3, 0.4) is 0 Å². The fraction of sp³-hybridized carbons (Fsp3) is 0.647. The summed E-state index contributed by atoms with van der Waals surface area (Å²) < 4.78 is 13.6. The SMILES string of the molecule is CCC(N)C(c1cccc(F)c1)N(C)C1CCCN(C)C1. The highest BCUT2D eigenvalue weighted by Crippen LogP contribution is 2.28. The second-order valence-corrected chi connectivity index (χ2v) is 6.30. The van der Waals surface area contributed by atoms with Gasteiger partial charge in [-0.1, -0.05) is 19.1 Å². The number of piperidine rings is 1. The summed E-state index contributed by atoms with van der Waals surface area (Å²) in [6, 6.07) is 7.46. The predicted octanol–water partition coefficient (Wildman–Crippen LogP) is 2.63. The summed E-state index contributed by atoms with van der Waals surface area (Å²) in [5, 5.41) is 0. The molecule has 1 fully saturated rings. The zero-order chi connectivity index (χ0) is 15.4. The number of hydrogen-bond acceptors (Lipinski definition) is 3. The van der Waals surface area contributed by atoms with Crippen molar-refractivity contribution in [3.8, 4) is 0 Å². The Morgan fingerprint density at radius 1 is 1.48 bits per heavy atom. The lowest BCUT2D eigenvalue weighted by atomic mass is 9.93. The average Bonchev–Trinajstić information content (AvgIpc) is 2.47. The smallest absolute Gasteiger partial charge is 0.123 e. The quantitative estimate of drug-likeness (QED) is 0.906. The molecule has 1 saturated heterocycles. The summed E-state index contributed by atoms with van der Waals surface area (Å²) in [6.07, 6.45) is 3.28. The highest BCUT2D eigenvalue weighted by atomic mass is 19.1. The Morgan fingerprint density at radius 2 is 2.24 bits per heavy atom. The van der Waals surface area contributed by atoms with Gasteiger partial charge in [-0.15, -0.1) is 0 Å². The van der Waals surface area contributed by atoms with Crippen LogP contribution in [0.5, 0.6) is 0 Å². The van der Waals surface area contributed by atoms with Crippen molar-refractivity contribution in [1.29, 1.82) is 0 Å². The van der Waals surface area contributed by atoms with Gasteiger partial charge in [-0.25, -0.2) is 4.39 Å². The van der Waals surface area contributed by atoms with Crippen molar-refractivity contribution in [2.24, 2.45) is 5.73 Å². The van der Waals surface area contributed by atoms with Crippen LogP contribution < -0.4 is 5.73 Å². The monoisotopic (exact) mass is 293 g/mol. The van der Waals surface area contributed by atoms with Crippen LogP contribution >= 0.6 is 0 Å². The second-order valence-electron chi connectivity index (χ2n) is 6.30. The Hall–Kier alpha value is -0.970. The van der Waals surface area contributed by atoms with E-state index < -0.39 is 0 Å². The molecule has 3 nitrogen and oxygen atoms in total. The van der Waals surface area contributed by atoms with Gasteiger partial charge in [0.15, 0.2) is 0 Å². The van der Waals surface area contributed by atoms with Crippen LogP contribution in [0.25, 0.3) is 0 Å². The molecule has 2 N–H and O–H groups in total. The van der Waals surface area contributed by atoms with E-state index in [1.54, 1.807) is 12.1 Å². The first kappa shape index (κ1) is 16.4. The molecule has 0 aliphatic carbocycles. The zero-order valence-electron chi connectivity index (χ0n) is 13.4. The van der Waals surface area contributed by atoms with E-state index in [0.29, 0.717) is 6.04 Å². The van der Waals surface area contributed by atoms with Gasteiger partial charge < -0.3 is 10.6 Å². The fourth-order valence-corrected chi connectivity index (χ4v) is 3.40. The Morgan fingerprint density at radius 3 is 2.86 bits per heavy atom. The molecule has 1 aliphatic rings. The molecule has 0 spiro atoms. The summed E-state index contributed by atoms with van der Waals surface area (Å²) >= 11 is 0. The molecule has 4 heteroatoms. The number of hydrogen-bond donors (Lipinski definition) is 1. The van der Waals surface area contributed by atoms with Crippen LogP contribution in [0.4, 0.5) is 4.39 Å². The predicted molar refractivity (Wildman–Crippen MR) is 85.7 cm³/mol. The number of nitrogens with zero attached hydrogens (tertiary/aromatic N) is 2. The zero-order valence-corrected chi connectivity index (χ0v) is 13.4. The number of rotatable bonds is 5. The first-order chi connectivity index (χ1) is 10.0. The Balaban J connectivity index is 2.23. The topological polar surface area (TPSA) is 32.5 Å². The molecule has 21 heavy (non-hydrogen) atoms. The molecular formula is C17H28FN3. The lowest BCUT2D eigenvalue weighted by molar-refractivity contribution is 0.0859. The second kappa shape index (κ2) is 7.34. The fourth-order valence-electron chi connectivity index (χ4n) is 3.40. The highest BCUT2D eigenvalue weighted by Gasteiger charge is 2.30. The van der Waals surface area contributed by atoms with E-state index in [-0.39, 0.29) is 17.9 Å². The molecule has 3 unspecified atom stereocenters. The Bertz CT molecular complexity index is 451. The van der Waals surface area contributed by atoms with E-state index in [2.05, 4.69) is 30.8 Å². The van der Waals surface area contributed by atoms with Crippen LogP contribution in [0, 0.1) is 5.82 Å². The third-order valence-corrected chi connectivity index (χ3v) is 4.68. The molecule has 1 aliphatic heterocycles. The maximum atomic E-state index is 13.6. The number of likely N-dealkylation sites (tertiary alicyclic amines) is 1. The molecule has 1 aromatic carbocycles. The van der Waals surface area contributed by atoms with Gasteiger partial charge in [0.05, 0.1) is 6.04 Å². The molecule has 3 atom stereocenters. The van der Waals surface area contributed by atoms with Crippen molar-refractivity contribution in [1.82, 2.24) is 9.80 Å². The lowest BCUT2D eigenvalue weighted by Gasteiger charge is -2.42. The third-order valence-electron chi connectivity index (χ3n) is 4.68. The van der Waals surface area contributed by atoms with Gasteiger partial charge in [0.1, 0.15) is 5.82 Å². The van der Waals surface area contributed by atoms with Gasteiger partial charge in [-0.3, -0.25) is 4.90 Å². The van der Waals surface area contributed by atoms with Crippen molar-refractivity contribution in [2.45, 2.75) is 44.3 Å². The largest absolute Gasteiger partial charge is 0.326 e. The van der Waals surface area contributed by atoms with Crippen LogP contribution in [0.2, 0.25) is 0 Å². The molecule has 2 rings (SSSR count). The summed E-state index contributed by atoms with van der Waals surface area (Å²) in [5.41, 5.74) is 7.35. The number of likely N-dealkylation sites (N-methyl/N-ethyl adjacent to an activating group) is 2. The molecular weight excluding hydrogens is 265 g/mol. The van der Waals surface area contributed by atoms with Crippen LogP contribution in [0.15, 0.2) is 24.3 Å². The van der Waals surface area contributed by atoms with Crippen molar-refractivity contribution in [3.05, 3.63) is 35.6 Å². The van der Waals surface area contributed by atoms with E-state index in [0.717, 1.165) is 25.1 Å².